The van der Waals surface area contributed by atoms with Gasteiger partial charge in [0.2, 0.25) is 5.91 Å². The lowest BCUT2D eigenvalue weighted by Gasteiger charge is -2.18. The van der Waals surface area contributed by atoms with Crippen LogP contribution < -0.4 is 15.8 Å². The first kappa shape index (κ1) is 22.4. The molecule has 2 aromatic carbocycles. The number of nitrogens with one attached hydrogen (secondary N) is 2. The number of carbonyl (C=O) groups excluding carboxylic acids is 2. The summed E-state index contributed by atoms with van der Waals surface area (Å²) in [6.07, 6.45) is -0.113. The Hall–Kier alpha value is -3.88. The highest BCUT2D eigenvalue weighted by atomic mass is 16.5. The average Bonchev–Trinajstić information content (AvgIpc) is 2.67. The zero-order valence-corrected chi connectivity index (χ0v) is 16.7. The number of rotatable bonds is 8. The molecule has 0 radical (unpaired) electrons. The molecule has 0 saturated heterocycles. The fourth-order valence-electron chi connectivity index (χ4n) is 2.73. The van der Waals surface area contributed by atoms with Gasteiger partial charge >= 0.3 is 11.9 Å². The molecule has 0 spiro atoms. The summed E-state index contributed by atoms with van der Waals surface area (Å²) in [6, 6.07) is 12.7. The summed E-state index contributed by atoms with van der Waals surface area (Å²) < 4.78 is 5.34. The Morgan fingerprint density at radius 2 is 1.67 bits per heavy atom. The van der Waals surface area contributed by atoms with Crippen LogP contribution in [0.3, 0.4) is 0 Å². The highest BCUT2D eigenvalue weighted by Crippen LogP contribution is 2.26. The van der Waals surface area contributed by atoms with Crippen LogP contribution in [0.2, 0.25) is 0 Å². The molecule has 0 saturated carbocycles. The van der Waals surface area contributed by atoms with E-state index in [9.17, 15) is 14.4 Å². The van der Waals surface area contributed by atoms with E-state index in [1.165, 1.54) is 17.0 Å². The molecular formula is C21H24N4O5. The maximum Gasteiger partial charge on any atom is 0.343 e. The number of carbonyl (C=O) groups is 3. The second-order valence-electron chi connectivity index (χ2n) is 6.86. The van der Waals surface area contributed by atoms with Crippen LogP contribution in [0.4, 0.5) is 5.69 Å². The van der Waals surface area contributed by atoms with Gasteiger partial charge in [-0.15, -0.1) is 0 Å². The van der Waals surface area contributed by atoms with Crippen LogP contribution in [0.5, 0.6) is 5.75 Å². The molecule has 1 unspecified atom stereocenters. The van der Waals surface area contributed by atoms with E-state index in [1.807, 2.05) is 0 Å². The summed E-state index contributed by atoms with van der Waals surface area (Å²) in [5, 5.41) is 18.9. The maximum atomic E-state index is 12.3. The van der Waals surface area contributed by atoms with Crippen LogP contribution in [-0.4, -0.2) is 47.9 Å². The number of amides is 1. The van der Waals surface area contributed by atoms with Crippen LogP contribution in [-0.2, 0) is 9.59 Å². The summed E-state index contributed by atoms with van der Waals surface area (Å²) in [7, 11) is 3.23. The lowest BCUT2D eigenvalue weighted by molar-refractivity contribution is -0.137. The van der Waals surface area contributed by atoms with E-state index < -0.39 is 17.9 Å². The molecule has 0 aromatic heterocycles. The first-order valence-electron chi connectivity index (χ1n) is 9.11. The van der Waals surface area contributed by atoms with Crippen molar-refractivity contribution in [3.05, 3.63) is 59.7 Å². The first-order valence-corrected chi connectivity index (χ1v) is 9.11. The van der Waals surface area contributed by atoms with Gasteiger partial charge < -0.3 is 25.8 Å². The number of carboxylic acids is 1. The number of carboxylic acid groups (broad SMARTS) is 1. The van der Waals surface area contributed by atoms with Crippen molar-refractivity contribution in [2.45, 2.75) is 18.8 Å². The van der Waals surface area contributed by atoms with Crippen LogP contribution in [0.15, 0.2) is 48.5 Å². The molecule has 0 aliphatic heterocycles. The zero-order valence-electron chi connectivity index (χ0n) is 16.7. The van der Waals surface area contributed by atoms with E-state index in [-0.39, 0.29) is 24.7 Å². The number of nitrogens with zero attached hydrogens (tertiary/aromatic N) is 1. The number of nitrogens with two attached hydrogens (primary N) is 1. The minimum Gasteiger partial charge on any atom is -0.481 e. The summed E-state index contributed by atoms with van der Waals surface area (Å²) in [4.78, 5) is 36.9. The number of hydrogen-bond acceptors (Lipinski definition) is 5. The molecule has 30 heavy (non-hydrogen) atoms. The van der Waals surface area contributed by atoms with Crippen molar-refractivity contribution in [1.82, 2.24) is 4.90 Å². The van der Waals surface area contributed by atoms with Gasteiger partial charge in [-0.25, -0.2) is 4.79 Å². The van der Waals surface area contributed by atoms with E-state index in [2.05, 4.69) is 5.32 Å². The topological polar surface area (TPSA) is 146 Å². The standard InChI is InChI=1S/C21H24N4O5/c1-25(2)18(26)11-15(12-19(27)28)13-5-9-17(10-6-13)30-20(29)14-3-7-16(8-4-14)24-21(22)23/h3-10,15H,11-12H2,1-2H3,(H,27,28)(H4,22,23,24). The molecule has 0 aliphatic carbocycles. The summed E-state index contributed by atoms with van der Waals surface area (Å²) in [5.41, 5.74) is 6.81. The van der Waals surface area contributed by atoms with Crippen molar-refractivity contribution in [2.75, 3.05) is 19.4 Å². The van der Waals surface area contributed by atoms with Crippen molar-refractivity contribution >= 4 is 29.5 Å². The molecule has 9 nitrogen and oxygen atoms in total. The number of guanidine groups is 1. The van der Waals surface area contributed by atoms with Crippen molar-refractivity contribution in [3.63, 3.8) is 0 Å². The van der Waals surface area contributed by atoms with Gasteiger partial charge in [0.1, 0.15) is 5.75 Å². The molecule has 1 atom stereocenters. The predicted octanol–water partition coefficient (Wildman–Crippen LogP) is 2.25. The lowest BCUT2D eigenvalue weighted by Crippen LogP contribution is -2.24. The molecule has 2 rings (SSSR count). The van der Waals surface area contributed by atoms with Crippen LogP contribution in [0.1, 0.15) is 34.7 Å². The van der Waals surface area contributed by atoms with Gasteiger partial charge in [0.15, 0.2) is 5.96 Å². The van der Waals surface area contributed by atoms with Gasteiger partial charge in [-0.2, -0.15) is 0 Å². The lowest BCUT2D eigenvalue weighted by atomic mass is 9.92. The van der Waals surface area contributed by atoms with Gasteiger partial charge in [-0.1, -0.05) is 12.1 Å². The molecule has 158 valence electrons. The number of anilines is 1. The second kappa shape index (κ2) is 10.1. The number of ether oxygens (including phenoxy) is 1. The van der Waals surface area contributed by atoms with Crippen LogP contribution >= 0.6 is 0 Å². The Kier molecular flexibility index (Phi) is 7.51. The fourth-order valence-corrected chi connectivity index (χ4v) is 2.73. The molecule has 2 aromatic rings. The first-order chi connectivity index (χ1) is 14.2. The molecule has 5 N–H and O–H groups in total. The second-order valence-corrected chi connectivity index (χ2v) is 6.86. The number of benzene rings is 2. The third-order valence-electron chi connectivity index (χ3n) is 4.30. The van der Waals surface area contributed by atoms with Gasteiger partial charge in [-0.3, -0.25) is 15.0 Å². The van der Waals surface area contributed by atoms with Crippen molar-refractivity contribution in [3.8, 4) is 5.75 Å². The number of aliphatic carboxylic acids is 1. The Bertz CT molecular complexity index is 923. The Morgan fingerprint density at radius 3 is 2.17 bits per heavy atom. The smallest absolute Gasteiger partial charge is 0.343 e. The maximum absolute atomic E-state index is 12.3. The third kappa shape index (κ3) is 6.62. The molecule has 0 fully saturated rings. The summed E-state index contributed by atoms with van der Waals surface area (Å²) in [5.74, 6) is -2.13. The highest BCUT2D eigenvalue weighted by molar-refractivity contribution is 5.93. The molecule has 9 heteroatoms. The quantitative estimate of drug-likeness (QED) is 0.225. The molecular weight excluding hydrogens is 388 g/mol. The van der Waals surface area contributed by atoms with E-state index in [0.717, 1.165) is 0 Å². The Balaban J connectivity index is 2.07. The SMILES string of the molecule is CN(C)C(=O)CC(CC(=O)O)c1ccc(OC(=O)c2ccc(NC(=N)N)cc2)cc1. The van der Waals surface area contributed by atoms with Crippen molar-refractivity contribution < 1.29 is 24.2 Å². The molecule has 1 amide bonds. The molecule has 0 bridgehead atoms. The average molecular weight is 412 g/mol. The number of hydrogen-bond donors (Lipinski definition) is 4. The summed E-state index contributed by atoms with van der Waals surface area (Å²) in [6.45, 7) is 0. The van der Waals surface area contributed by atoms with E-state index in [0.29, 0.717) is 22.6 Å². The summed E-state index contributed by atoms with van der Waals surface area (Å²) >= 11 is 0. The molecule has 0 aliphatic rings. The van der Waals surface area contributed by atoms with Crippen LogP contribution in [0, 0.1) is 5.41 Å². The fraction of sp³-hybridized carbons (Fsp3) is 0.238. The van der Waals surface area contributed by atoms with Gasteiger partial charge in [-0.05, 0) is 42.0 Å². The van der Waals surface area contributed by atoms with E-state index in [4.69, 9.17) is 21.0 Å². The Morgan fingerprint density at radius 1 is 1.07 bits per heavy atom. The van der Waals surface area contributed by atoms with Crippen molar-refractivity contribution in [1.29, 1.82) is 5.41 Å². The van der Waals surface area contributed by atoms with Gasteiger partial charge in [0.05, 0.1) is 12.0 Å². The minimum atomic E-state index is -0.996. The van der Waals surface area contributed by atoms with Crippen molar-refractivity contribution in [2.24, 2.45) is 5.73 Å². The zero-order chi connectivity index (χ0) is 22.3. The predicted molar refractivity (Wildman–Crippen MR) is 112 cm³/mol. The minimum absolute atomic E-state index is 0.0685. The normalized spacial score (nSPS) is 11.3. The molecule has 0 heterocycles. The Labute approximate surface area is 174 Å². The third-order valence-corrected chi connectivity index (χ3v) is 4.30. The van der Waals surface area contributed by atoms with E-state index in [1.54, 1.807) is 50.5 Å². The van der Waals surface area contributed by atoms with Gasteiger partial charge in [0, 0.05) is 32.1 Å². The largest absolute Gasteiger partial charge is 0.481 e. The van der Waals surface area contributed by atoms with E-state index >= 15 is 0 Å². The number of esters is 1. The highest BCUT2D eigenvalue weighted by Gasteiger charge is 2.20. The van der Waals surface area contributed by atoms with Gasteiger partial charge in [0.25, 0.3) is 0 Å². The monoisotopic (exact) mass is 412 g/mol. The van der Waals surface area contributed by atoms with Crippen LogP contribution in [0.25, 0.3) is 0 Å².